The summed E-state index contributed by atoms with van der Waals surface area (Å²) >= 11 is 0. The highest BCUT2D eigenvalue weighted by Crippen LogP contribution is 2.29. The van der Waals surface area contributed by atoms with Crippen molar-refractivity contribution in [3.8, 4) is 0 Å². The van der Waals surface area contributed by atoms with Crippen molar-refractivity contribution in [2.24, 2.45) is 0 Å². The smallest absolute Gasteiger partial charge is 0.340 e. The molecular formula is C15H18N6O2. The molecule has 120 valence electrons. The van der Waals surface area contributed by atoms with E-state index in [-0.39, 0.29) is 11.7 Å². The average molecular weight is 314 g/mol. The maximum absolute atomic E-state index is 12.3. The van der Waals surface area contributed by atoms with E-state index >= 15 is 0 Å². The van der Waals surface area contributed by atoms with E-state index in [0.717, 1.165) is 31.8 Å². The lowest BCUT2D eigenvalue weighted by molar-refractivity contribution is 0.229. The molecule has 1 aliphatic rings. The molecule has 1 aliphatic heterocycles. The maximum Gasteiger partial charge on any atom is 0.350 e. The van der Waals surface area contributed by atoms with Crippen LogP contribution in [0.5, 0.6) is 0 Å². The SMILES string of the molecule is Cc1nc([C@H]2CCCN2CCn2nc3ccccn3c2=O)no1. The van der Waals surface area contributed by atoms with Crippen LogP contribution in [0.25, 0.3) is 5.65 Å². The Labute approximate surface area is 132 Å². The summed E-state index contributed by atoms with van der Waals surface area (Å²) < 4.78 is 8.17. The Morgan fingerprint density at radius 1 is 1.35 bits per heavy atom. The highest BCUT2D eigenvalue weighted by Gasteiger charge is 2.29. The number of hydrogen-bond acceptors (Lipinski definition) is 6. The number of hydrogen-bond donors (Lipinski definition) is 0. The van der Waals surface area contributed by atoms with Crippen molar-refractivity contribution < 1.29 is 4.52 Å². The number of rotatable bonds is 4. The molecule has 8 heteroatoms. The fraction of sp³-hybridized carbons (Fsp3) is 0.467. The number of fused-ring (bicyclic) bond motifs is 1. The molecule has 4 heterocycles. The van der Waals surface area contributed by atoms with Crippen molar-refractivity contribution in [3.63, 3.8) is 0 Å². The molecule has 8 nitrogen and oxygen atoms in total. The molecule has 0 amide bonds. The molecule has 0 unspecified atom stereocenters. The number of aromatic nitrogens is 5. The molecule has 23 heavy (non-hydrogen) atoms. The Morgan fingerprint density at radius 2 is 2.26 bits per heavy atom. The Kier molecular flexibility index (Phi) is 3.45. The lowest BCUT2D eigenvalue weighted by Crippen LogP contribution is -2.31. The summed E-state index contributed by atoms with van der Waals surface area (Å²) in [6.07, 6.45) is 3.85. The third kappa shape index (κ3) is 2.55. The van der Waals surface area contributed by atoms with Crippen molar-refractivity contribution in [2.45, 2.75) is 32.4 Å². The molecule has 0 aliphatic carbocycles. The van der Waals surface area contributed by atoms with Gasteiger partial charge in [0.05, 0.1) is 12.6 Å². The van der Waals surface area contributed by atoms with Gasteiger partial charge in [-0.2, -0.15) is 4.98 Å². The van der Waals surface area contributed by atoms with Gasteiger partial charge in [-0.05, 0) is 31.5 Å². The number of nitrogens with zero attached hydrogens (tertiary/aromatic N) is 6. The van der Waals surface area contributed by atoms with E-state index in [1.54, 1.807) is 17.5 Å². The van der Waals surface area contributed by atoms with Crippen LogP contribution in [0.3, 0.4) is 0 Å². The second-order valence-corrected chi connectivity index (χ2v) is 5.80. The molecule has 0 saturated carbocycles. The summed E-state index contributed by atoms with van der Waals surface area (Å²) in [5.41, 5.74) is 0.566. The van der Waals surface area contributed by atoms with Crippen molar-refractivity contribution in [1.82, 2.24) is 29.2 Å². The van der Waals surface area contributed by atoms with Gasteiger partial charge >= 0.3 is 5.69 Å². The Bertz CT molecular complexity index is 879. The molecule has 0 radical (unpaired) electrons. The minimum atomic E-state index is -0.105. The van der Waals surface area contributed by atoms with Gasteiger partial charge in [0.2, 0.25) is 5.89 Å². The molecule has 0 bridgehead atoms. The zero-order valence-electron chi connectivity index (χ0n) is 12.9. The Morgan fingerprint density at radius 3 is 3.04 bits per heavy atom. The first-order valence-corrected chi connectivity index (χ1v) is 7.81. The molecule has 1 fully saturated rings. The van der Waals surface area contributed by atoms with Crippen LogP contribution < -0.4 is 5.69 Å². The van der Waals surface area contributed by atoms with Gasteiger partial charge in [-0.3, -0.25) is 9.30 Å². The summed E-state index contributed by atoms with van der Waals surface area (Å²) in [6, 6.07) is 5.70. The molecule has 0 aromatic carbocycles. The first-order valence-electron chi connectivity index (χ1n) is 7.81. The highest BCUT2D eigenvalue weighted by molar-refractivity contribution is 5.35. The highest BCUT2D eigenvalue weighted by atomic mass is 16.5. The van der Waals surface area contributed by atoms with Crippen LogP contribution in [-0.2, 0) is 6.54 Å². The minimum Gasteiger partial charge on any atom is -0.340 e. The van der Waals surface area contributed by atoms with Crippen LogP contribution in [0.15, 0.2) is 33.7 Å². The first-order chi connectivity index (χ1) is 11.2. The third-order valence-electron chi connectivity index (χ3n) is 4.29. The zero-order chi connectivity index (χ0) is 15.8. The van der Waals surface area contributed by atoms with Crippen LogP contribution in [-0.4, -0.2) is 42.3 Å². The molecule has 3 aromatic rings. The van der Waals surface area contributed by atoms with Crippen LogP contribution in [0.1, 0.15) is 30.6 Å². The van der Waals surface area contributed by atoms with E-state index in [4.69, 9.17) is 4.52 Å². The first kappa shape index (κ1) is 14.1. The molecule has 0 spiro atoms. The second-order valence-electron chi connectivity index (χ2n) is 5.80. The zero-order valence-corrected chi connectivity index (χ0v) is 12.9. The third-order valence-corrected chi connectivity index (χ3v) is 4.29. The molecule has 4 rings (SSSR count). The van der Waals surface area contributed by atoms with Crippen LogP contribution >= 0.6 is 0 Å². The van der Waals surface area contributed by atoms with Gasteiger partial charge in [-0.15, -0.1) is 5.10 Å². The van der Waals surface area contributed by atoms with E-state index in [2.05, 4.69) is 20.1 Å². The van der Waals surface area contributed by atoms with Gasteiger partial charge in [0.1, 0.15) is 0 Å². The molecule has 3 aromatic heterocycles. The van der Waals surface area contributed by atoms with Gasteiger partial charge in [0.15, 0.2) is 11.5 Å². The maximum atomic E-state index is 12.3. The van der Waals surface area contributed by atoms with Gasteiger partial charge in [-0.25, -0.2) is 9.48 Å². The van der Waals surface area contributed by atoms with E-state index in [1.165, 1.54) is 4.68 Å². The van der Waals surface area contributed by atoms with Crippen molar-refractivity contribution >= 4 is 5.65 Å². The predicted molar refractivity (Wildman–Crippen MR) is 82.0 cm³/mol. The number of aryl methyl sites for hydroxylation is 1. The van der Waals surface area contributed by atoms with Crippen molar-refractivity contribution in [2.75, 3.05) is 13.1 Å². The standard InChI is InChI=1S/C15H18N6O2/c1-11-16-14(18-23-11)12-5-4-7-19(12)9-10-21-15(22)20-8-3-2-6-13(20)17-21/h2-3,6,8,12H,4-5,7,9-10H2,1H3/t12-/m1/s1. The summed E-state index contributed by atoms with van der Waals surface area (Å²) in [5, 5.41) is 8.41. The van der Waals surface area contributed by atoms with E-state index < -0.39 is 0 Å². The molecule has 1 atom stereocenters. The Hall–Kier alpha value is -2.48. The normalized spacial score (nSPS) is 18.9. The van der Waals surface area contributed by atoms with Crippen LogP contribution in [0.4, 0.5) is 0 Å². The van der Waals surface area contributed by atoms with E-state index in [9.17, 15) is 4.79 Å². The van der Waals surface area contributed by atoms with Crippen LogP contribution in [0.2, 0.25) is 0 Å². The minimum absolute atomic E-state index is 0.105. The molecule has 0 N–H and O–H groups in total. The fourth-order valence-electron chi connectivity index (χ4n) is 3.17. The summed E-state index contributed by atoms with van der Waals surface area (Å²) in [6.45, 7) is 4.06. The monoisotopic (exact) mass is 314 g/mol. The van der Waals surface area contributed by atoms with Gasteiger partial charge in [-0.1, -0.05) is 11.2 Å². The molecular weight excluding hydrogens is 296 g/mol. The summed E-state index contributed by atoms with van der Waals surface area (Å²) in [7, 11) is 0. The van der Waals surface area contributed by atoms with Crippen molar-refractivity contribution in [3.05, 3.63) is 46.6 Å². The quantitative estimate of drug-likeness (QED) is 0.715. The average Bonchev–Trinajstić information content (AvgIpc) is 3.25. The second kappa shape index (κ2) is 5.62. The summed E-state index contributed by atoms with van der Waals surface area (Å²) in [5.74, 6) is 1.32. The van der Waals surface area contributed by atoms with E-state index in [0.29, 0.717) is 18.1 Å². The molecule has 1 saturated heterocycles. The van der Waals surface area contributed by atoms with Crippen molar-refractivity contribution in [1.29, 1.82) is 0 Å². The Balaban J connectivity index is 1.51. The van der Waals surface area contributed by atoms with Gasteiger partial charge in [0.25, 0.3) is 0 Å². The number of likely N-dealkylation sites (tertiary alicyclic amines) is 1. The lowest BCUT2D eigenvalue weighted by atomic mass is 10.2. The van der Waals surface area contributed by atoms with Gasteiger partial charge in [0, 0.05) is 19.7 Å². The van der Waals surface area contributed by atoms with E-state index in [1.807, 2.05) is 18.2 Å². The summed E-state index contributed by atoms with van der Waals surface area (Å²) in [4.78, 5) is 18.9. The fourth-order valence-corrected chi connectivity index (χ4v) is 3.17. The number of pyridine rings is 1. The largest absolute Gasteiger partial charge is 0.350 e. The lowest BCUT2D eigenvalue weighted by Gasteiger charge is -2.21. The predicted octanol–water partition coefficient (Wildman–Crippen LogP) is 1.02. The van der Waals surface area contributed by atoms with Crippen LogP contribution in [0, 0.1) is 6.92 Å². The topological polar surface area (TPSA) is 81.5 Å². The van der Waals surface area contributed by atoms with Gasteiger partial charge < -0.3 is 4.52 Å².